The van der Waals surface area contributed by atoms with Crippen molar-refractivity contribution in [1.82, 2.24) is 0 Å². The molecule has 142 valence electrons. The first-order chi connectivity index (χ1) is 12.6. The van der Waals surface area contributed by atoms with Gasteiger partial charge < -0.3 is 20.1 Å². The van der Waals surface area contributed by atoms with Gasteiger partial charge in [0.2, 0.25) is 5.91 Å². The number of nitrogens with one attached hydrogen (secondary N) is 1. The molecular weight excluding hydrogens is 328 g/mol. The Bertz CT molecular complexity index is 615. The van der Waals surface area contributed by atoms with Crippen LogP contribution in [0.2, 0.25) is 0 Å². The highest BCUT2D eigenvalue weighted by Gasteiger charge is 2.34. The Hall–Kier alpha value is -2.04. The van der Waals surface area contributed by atoms with Crippen LogP contribution >= 0.6 is 0 Å². The van der Waals surface area contributed by atoms with Crippen molar-refractivity contribution >= 4 is 23.3 Å². The van der Waals surface area contributed by atoms with E-state index in [1.165, 1.54) is 24.9 Å². The van der Waals surface area contributed by atoms with E-state index in [4.69, 9.17) is 0 Å². The fourth-order valence-corrected chi connectivity index (χ4v) is 4.48. The number of carboxylic acids is 1. The lowest BCUT2D eigenvalue weighted by atomic mass is 9.69. The van der Waals surface area contributed by atoms with Gasteiger partial charge in [-0.3, -0.25) is 4.79 Å². The largest absolute Gasteiger partial charge is 0.550 e. The summed E-state index contributed by atoms with van der Waals surface area (Å²) in [7, 11) is 0. The Labute approximate surface area is 155 Å². The minimum absolute atomic E-state index is 0.0195. The molecule has 1 heterocycles. The lowest BCUT2D eigenvalue weighted by Crippen LogP contribution is -2.36. The number of carboxylic acid groups (broad SMARTS) is 1. The third-order valence-corrected chi connectivity index (χ3v) is 5.84. The molecule has 0 aromatic heterocycles. The second-order valence-electron chi connectivity index (χ2n) is 7.93. The Morgan fingerprint density at radius 3 is 2.15 bits per heavy atom. The third kappa shape index (κ3) is 4.99. The summed E-state index contributed by atoms with van der Waals surface area (Å²) >= 11 is 0. The van der Waals surface area contributed by atoms with Gasteiger partial charge in [0.05, 0.1) is 0 Å². The van der Waals surface area contributed by atoms with E-state index in [0.717, 1.165) is 50.9 Å². The van der Waals surface area contributed by atoms with Gasteiger partial charge in [-0.2, -0.15) is 0 Å². The molecule has 0 bridgehead atoms. The van der Waals surface area contributed by atoms with Gasteiger partial charge in [0.1, 0.15) is 0 Å². The first-order valence-corrected chi connectivity index (χ1v) is 9.91. The van der Waals surface area contributed by atoms with Crippen LogP contribution in [0.15, 0.2) is 24.3 Å². The molecule has 2 aliphatic rings. The van der Waals surface area contributed by atoms with Crippen LogP contribution in [0.4, 0.5) is 11.4 Å². The van der Waals surface area contributed by atoms with Crippen molar-refractivity contribution < 1.29 is 14.7 Å². The number of amides is 1. The highest BCUT2D eigenvalue weighted by Crippen LogP contribution is 2.42. The highest BCUT2D eigenvalue weighted by molar-refractivity contribution is 5.91. The molecule has 5 heteroatoms. The Morgan fingerprint density at radius 2 is 1.54 bits per heavy atom. The Balaban J connectivity index is 1.58. The second kappa shape index (κ2) is 8.56. The molecule has 0 unspecified atom stereocenters. The maximum atomic E-state index is 12.5. The quantitative estimate of drug-likeness (QED) is 0.849. The Morgan fingerprint density at radius 1 is 0.923 bits per heavy atom. The summed E-state index contributed by atoms with van der Waals surface area (Å²) in [5, 5.41) is 14.1. The first kappa shape index (κ1) is 18.7. The second-order valence-corrected chi connectivity index (χ2v) is 7.93. The van der Waals surface area contributed by atoms with Crippen LogP contribution in [-0.4, -0.2) is 25.0 Å². The molecular formula is C21H29N2O3-. The first-order valence-electron chi connectivity index (χ1n) is 9.91. The summed E-state index contributed by atoms with van der Waals surface area (Å²) in [5.41, 5.74) is 1.54. The molecule has 0 spiro atoms. The van der Waals surface area contributed by atoms with E-state index in [1.807, 2.05) is 12.1 Å². The molecule has 0 atom stereocenters. The lowest BCUT2D eigenvalue weighted by molar-refractivity contribution is -0.308. The topological polar surface area (TPSA) is 72.5 Å². The van der Waals surface area contributed by atoms with Gasteiger partial charge in [0, 0.05) is 36.9 Å². The van der Waals surface area contributed by atoms with E-state index in [-0.39, 0.29) is 18.7 Å². The van der Waals surface area contributed by atoms with E-state index in [0.29, 0.717) is 0 Å². The number of nitrogens with zero attached hydrogens (tertiary/aromatic N) is 1. The van der Waals surface area contributed by atoms with Crippen molar-refractivity contribution in [3.63, 3.8) is 0 Å². The number of carbonyl (C=O) groups excluding carboxylic acids is 2. The van der Waals surface area contributed by atoms with Gasteiger partial charge >= 0.3 is 0 Å². The summed E-state index contributed by atoms with van der Waals surface area (Å²) in [6.45, 7) is 2.19. The zero-order valence-electron chi connectivity index (χ0n) is 15.5. The number of aliphatic carboxylic acids is 1. The average molecular weight is 357 g/mol. The molecule has 1 aromatic rings. The molecule has 1 saturated heterocycles. The van der Waals surface area contributed by atoms with Crippen LogP contribution in [-0.2, 0) is 9.59 Å². The van der Waals surface area contributed by atoms with Crippen molar-refractivity contribution in [1.29, 1.82) is 0 Å². The SMILES string of the molecule is O=C([O-])CC1(CC(=O)Nc2ccc(N3CCCCC3)cc2)CCCCC1. The lowest BCUT2D eigenvalue weighted by Gasteiger charge is -2.37. The maximum Gasteiger partial charge on any atom is 0.224 e. The number of hydrogen-bond donors (Lipinski definition) is 1. The maximum absolute atomic E-state index is 12.5. The summed E-state index contributed by atoms with van der Waals surface area (Å²) < 4.78 is 0. The summed E-state index contributed by atoms with van der Waals surface area (Å²) in [4.78, 5) is 26.1. The van der Waals surface area contributed by atoms with Crippen LogP contribution in [0, 0.1) is 5.41 Å². The average Bonchev–Trinajstić information content (AvgIpc) is 2.63. The number of hydrogen-bond acceptors (Lipinski definition) is 4. The molecule has 1 aliphatic heterocycles. The molecule has 1 aromatic carbocycles. The molecule has 3 rings (SSSR count). The molecule has 1 amide bonds. The van der Waals surface area contributed by atoms with Gasteiger partial charge in [-0.25, -0.2) is 0 Å². The number of rotatable bonds is 6. The van der Waals surface area contributed by atoms with E-state index >= 15 is 0 Å². The number of piperidine rings is 1. The van der Waals surface area contributed by atoms with Crippen molar-refractivity contribution in [2.75, 3.05) is 23.3 Å². The van der Waals surface area contributed by atoms with Gasteiger partial charge in [-0.15, -0.1) is 0 Å². The molecule has 1 saturated carbocycles. The van der Waals surface area contributed by atoms with Gasteiger partial charge in [0.25, 0.3) is 0 Å². The molecule has 1 N–H and O–H groups in total. The van der Waals surface area contributed by atoms with Crippen molar-refractivity contribution in [2.45, 2.75) is 64.2 Å². The molecule has 5 nitrogen and oxygen atoms in total. The normalized spacial score (nSPS) is 19.8. The van der Waals surface area contributed by atoms with Gasteiger partial charge in [-0.05, 0) is 68.2 Å². The monoisotopic (exact) mass is 357 g/mol. The smallest absolute Gasteiger partial charge is 0.224 e. The summed E-state index contributed by atoms with van der Waals surface area (Å²) in [5.74, 6) is -1.15. The number of carbonyl (C=O) groups is 2. The van der Waals surface area contributed by atoms with Crippen LogP contribution in [0.3, 0.4) is 0 Å². The van der Waals surface area contributed by atoms with Crippen molar-refractivity contribution in [3.05, 3.63) is 24.3 Å². The van der Waals surface area contributed by atoms with Crippen LogP contribution in [0.1, 0.15) is 64.2 Å². The summed E-state index contributed by atoms with van der Waals surface area (Å²) in [6.07, 6.45) is 8.70. The zero-order chi connectivity index (χ0) is 18.4. The van der Waals surface area contributed by atoms with Crippen LogP contribution in [0.5, 0.6) is 0 Å². The third-order valence-electron chi connectivity index (χ3n) is 5.84. The summed E-state index contributed by atoms with van der Waals surface area (Å²) in [6, 6.07) is 7.99. The fraction of sp³-hybridized carbons (Fsp3) is 0.619. The molecule has 26 heavy (non-hydrogen) atoms. The van der Waals surface area contributed by atoms with Crippen LogP contribution in [0.25, 0.3) is 0 Å². The number of benzene rings is 1. The highest BCUT2D eigenvalue weighted by atomic mass is 16.4. The van der Waals surface area contributed by atoms with Crippen molar-refractivity contribution in [2.24, 2.45) is 5.41 Å². The van der Waals surface area contributed by atoms with Gasteiger partial charge in [0.15, 0.2) is 0 Å². The minimum Gasteiger partial charge on any atom is -0.550 e. The molecule has 0 radical (unpaired) electrons. The van der Waals surface area contributed by atoms with Crippen LogP contribution < -0.4 is 15.3 Å². The van der Waals surface area contributed by atoms with E-state index in [1.54, 1.807) is 0 Å². The zero-order valence-corrected chi connectivity index (χ0v) is 15.5. The van der Waals surface area contributed by atoms with E-state index in [2.05, 4.69) is 22.3 Å². The van der Waals surface area contributed by atoms with Gasteiger partial charge in [-0.1, -0.05) is 19.3 Å². The molecule has 1 aliphatic carbocycles. The minimum atomic E-state index is -1.05. The van der Waals surface area contributed by atoms with E-state index < -0.39 is 11.4 Å². The standard InChI is InChI=1S/C21H30N2O3/c24-19(15-21(16-20(25)26)11-3-1-4-12-21)22-17-7-9-18(10-8-17)23-13-5-2-6-14-23/h7-10H,1-6,11-16H2,(H,22,24)(H,25,26)/p-1. The van der Waals surface area contributed by atoms with E-state index in [9.17, 15) is 14.7 Å². The fourth-order valence-electron chi connectivity index (χ4n) is 4.48. The predicted molar refractivity (Wildman–Crippen MR) is 101 cm³/mol. The molecule has 2 fully saturated rings. The predicted octanol–water partition coefficient (Wildman–Crippen LogP) is 3.10. The number of anilines is 2. The Kier molecular flexibility index (Phi) is 6.17. The van der Waals surface area contributed by atoms with Crippen molar-refractivity contribution in [3.8, 4) is 0 Å².